The number of aromatic nitrogens is 1. The number of piperidine rings is 3. The van der Waals surface area contributed by atoms with E-state index in [1.165, 1.54) is 23.5 Å². The molecule has 3 aliphatic rings. The highest BCUT2D eigenvalue weighted by Crippen LogP contribution is 2.31. The molecule has 0 saturated carbocycles. The van der Waals surface area contributed by atoms with Crippen molar-refractivity contribution in [2.45, 2.75) is 25.8 Å². The number of halogens is 1. The highest BCUT2D eigenvalue weighted by atomic mass is 32.1. The van der Waals surface area contributed by atoms with E-state index in [-0.39, 0.29) is 17.8 Å². The summed E-state index contributed by atoms with van der Waals surface area (Å²) in [4.78, 5) is 20.3. The lowest BCUT2D eigenvalue weighted by Crippen LogP contribution is -2.57. The molecule has 3 fully saturated rings. The molecule has 0 radical (unpaired) electrons. The van der Waals surface area contributed by atoms with E-state index in [9.17, 15) is 9.18 Å². The smallest absolute Gasteiger partial charge is 0.280 e. The number of thiazole rings is 1. The molecule has 1 amide bonds. The number of rotatable bonds is 3. The standard InChI is InChI=1S/C18H20FN3OS/c1-11-16(13-3-2-4-14(19)9-13)24-18(20-11)17(23)21-15-10-22-7-5-12(15)6-8-22/h2-4,9,12,15H,5-8,10H2,1H3,(H,21,23). The molecule has 1 aromatic heterocycles. The summed E-state index contributed by atoms with van der Waals surface area (Å²) in [7, 11) is 0. The molecule has 2 bridgehead atoms. The molecule has 6 heteroatoms. The van der Waals surface area contributed by atoms with Crippen molar-refractivity contribution in [3.8, 4) is 10.4 Å². The van der Waals surface area contributed by atoms with E-state index in [0.29, 0.717) is 10.9 Å². The van der Waals surface area contributed by atoms with Crippen LogP contribution in [0.5, 0.6) is 0 Å². The summed E-state index contributed by atoms with van der Waals surface area (Å²) >= 11 is 1.33. The minimum Gasteiger partial charge on any atom is -0.346 e. The van der Waals surface area contributed by atoms with Crippen LogP contribution >= 0.6 is 11.3 Å². The van der Waals surface area contributed by atoms with Crippen molar-refractivity contribution in [1.82, 2.24) is 15.2 Å². The fourth-order valence-electron chi connectivity index (χ4n) is 3.75. The summed E-state index contributed by atoms with van der Waals surface area (Å²) in [5, 5.41) is 3.62. The van der Waals surface area contributed by atoms with Crippen molar-refractivity contribution < 1.29 is 9.18 Å². The van der Waals surface area contributed by atoms with Crippen molar-refractivity contribution in [2.24, 2.45) is 5.92 Å². The number of carbonyl (C=O) groups excluding carboxylic acids is 1. The second kappa shape index (κ2) is 6.26. The van der Waals surface area contributed by atoms with E-state index in [0.717, 1.165) is 48.6 Å². The first-order chi connectivity index (χ1) is 11.6. The van der Waals surface area contributed by atoms with Crippen LogP contribution in [0.1, 0.15) is 28.3 Å². The Balaban J connectivity index is 1.52. The molecule has 126 valence electrons. The summed E-state index contributed by atoms with van der Waals surface area (Å²) in [5.74, 6) is 0.200. The maximum Gasteiger partial charge on any atom is 0.280 e. The van der Waals surface area contributed by atoms with Gasteiger partial charge in [0, 0.05) is 12.6 Å². The maximum atomic E-state index is 13.4. The van der Waals surface area contributed by atoms with E-state index in [4.69, 9.17) is 0 Å². The third-order valence-electron chi connectivity index (χ3n) is 5.05. The van der Waals surface area contributed by atoms with Crippen molar-refractivity contribution in [1.29, 1.82) is 0 Å². The van der Waals surface area contributed by atoms with Crippen LogP contribution in [0.3, 0.4) is 0 Å². The van der Waals surface area contributed by atoms with Gasteiger partial charge in [-0.1, -0.05) is 12.1 Å². The number of aryl methyl sites for hydroxylation is 1. The van der Waals surface area contributed by atoms with Gasteiger partial charge in [0.1, 0.15) is 5.82 Å². The lowest BCUT2D eigenvalue weighted by atomic mass is 9.84. The Morgan fingerprint density at radius 2 is 2.17 bits per heavy atom. The van der Waals surface area contributed by atoms with Gasteiger partial charge in [0.05, 0.1) is 10.6 Å². The Kier molecular flexibility index (Phi) is 4.10. The molecule has 1 N–H and O–H groups in total. The zero-order chi connectivity index (χ0) is 16.7. The average Bonchev–Trinajstić information content (AvgIpc) is 2.98. The van der Waals surface area contributed by atoms with Gasteiger partial charge in [0.25, 0.3) is 5.91 Å². The largest absolute Gasteiger partial charge is 0.346 e. The minimum absolute atomic E-state index is 0.107. The quantitative estimate of drug-likeness (QED) is 0.930. The Bertz CT molecular complexity index is 767. The molecule has 4 heterocycles. The number of hydrogen-bond acceptors (Lipinski definition) is 4. The van der Waals surface area contributed by atoms with Crippen LogP contribution in [0.4, 0.5) is 4.39 Å². The molecular formula is C18H20FN3OS. The number of fused-ring (bicyclic) bond motifs is 3. The molecular weight excluding hydrogens is 325 g/mol. The SMILES string of the molecule is Cc1nc(C(=O)NC2CN3CCC2CC3)sc1-c1cccc(F)c1. The molecule has 3 saturated heterocycles. The Hall–Kier alpha value is -1.79. The Morgan fingerprint density at radius 1 is 1.38 bits per heavy atom. The zero-order valence-corrected chi connectivity index (χ0v) is 14.4. The van der Waals surface area contributed by atoms with Gasteiger partial charge in [-0.15, -0.1) is 11.3 Å². The fourth-order valence-corrected chi connectivity index (χ4v) is 4.72. The van der Waals surface area contributed by atoms with Crippen LogP contribution in [-0.2, 0) is 0 Å². The Labute approximate surface area is 144 Å². The molecule has 3 aliphatic heterocycles. The molecule has 1 aromatic carbocycles. The van der Waals surface area contributed by atoms with Crippen LogP contribution in [0, 0.1) is 18.7 Å². The first-order valence-corrected chi connectivity index (χ1v) is 9.18. The summed E-state index contributed by atoms with van der Waals surface area (Å²) in [6, 6.07) is 6.65. The summed E-state index contributed by atoms with van der Waals surface area (Å²) in [6.07, 6.45) is 2.33. The molecule has 0 aliphatic carbocycles. The van der Waals surface area contributed by atoms with Crippen LogP contribution in [0.15, 0.2) is 24.3 Å². The van der Waals surface area contributed by atoms with Gasteiger partial charge >= 0.3 is 0 Å². The van der Waals surface area contributed by atoms with Crippen LogP contribution in [-0.4, -0.2) is 41.5 Å². The molecule has 1 atom stereocenters. The van der Waals surface area contributed by atoms with Crippen LogP contribution in [0.25, 0.3) is 10.4 Å². The van der Waals surface area contributed by atoms with Gasteiger partial charge in [-0.2, -0.15) is 0 Å². The number of hydrogen-bond donors (Lipinski definition) is 1. The average molecular weight is 345 g/mol. The number of carbonyl (C=O) groups is 1. The van der Waals surface area contributed by atoms with Gasteiger partial charge < -0.3 is 10.2 Å². The lowest BCUT2D eigenvalue weighted by molar-refractivity contribution is 0.0620. The van der Waals surface area contributed by atoms with Crippen molar-refractivity contribution in [3.63, 3.8) is 0 Å². The van der Waals surface area contributed by atoms with Crippen LogP contribution < -0.4 is 5.32 Å². The second-order valence-corrected chi connectivity index (χ2v) is 7.66. The van der Waals surface area contributed by atoms with Gasteiger partial charge in [-0.05, 0) is 56.5 Å². The van der Waals surface area contributed by atoms with Gasteiger partial charge in [0.15, 0.2) is 5.01 Å². The van der Waals surface area contributed by atoms with E-state index in [2.05, 4.69) is 15.2 Å². The monoisotopic (exact) mass is 345 g/mol. The molecule has 1 unspecified atom stereocenters. The molecule has 2 aromatic rings. The number of nitrogens with zero attached hydrogens (tertiary/aromatic N) is 2. The molecule has 24 heavy (non-hydrogen) atoms. The molecule has 5 rings (SSSR count). The second-order valence-electron chi connectivity index (χ2n) is 6.66. The van der Waals surface area contributed by atoms with Crippen LogP contribution in [0.2, 0.25) is 0 Å². The van der Waals surface area contributed by atoms with Gasteiger partial charge in [-0.25, -0.2) is 9.37 Å². The first-order valence-electron chi connectivity index (χ1n) is 8.37. The predicted octanol–water partition coefficient (Wildman–Crippen LogP) is 3.08. The minimum atomic E-state index is -0.279. The summed E-state index contributed by atoms with van der Waals surface area (Å²) in [5.41, 5.74) is 1.54. The summed E-state index contributed by atoms with van der Waals surface area (Å²) in [6.45, 7) is 5.10. The van der Waals surface area contributed by atoms with Gasteiger partial charge in [0.2, 0.25) is 0 Å². The van der Waals surface area contributed by atoms with E-state index < -0.39 is 0 Å². The fraction of sp³-hybridized carbons (Fsp3) is 0.444. The van der Waals surface area contributed by atoms with Crippen molar-refractivity contribution in [2.75, 3.05) is 19.6 Å². The molecule has 4 nitrogen and oxygen atoms in total. The third-order valence-corrected chi connectivity index (χ3v) is 6.26. The Morgan fingerprint density at radius 3 is 2.83 bits per heavy atom. The van der Waals surface area contributed by atoms with E-state index >= 15 is 0 Å². The predicted molar refractivity (Wildman–Crippen MR) is 92.7 cm³/mol. The lowest BCUT2D eigenvalue weighted by Gasteiger charge is -2.44. The highest BCUT2D eigenvalue weighted by molar-refractivity contribution is 7.17. The number of nitrogens with one attached hydrogen (secondary N) is 1. The van der Waals surface area contributed by atoms with E-state index in [1.807, 2.05) is 13.0 Å². The van der Waals surface area contributed by atoms with Crippen molar-refractivity contribution in [3.05, 3.63) is 40.8 Å². The maximum absolute atomic E-state index is 13.4. The molecule has 0 spiro atoms. The van der Waals surface area contributed by atoms with Gasteiger partial charge in [-0.3, -0.25) is 4.79 Å². The number of benzene rings is 1. The van der Waals surface area contributed by atoms with E-state index in [1.54, 1.807) is 6.07 Å². The normalized spacial score (nSPS) is 25.7. The number of amides is 1. The third kappa shape index (κ3) is 2.96. The topological polar surface area (TPSA) is 45.2 Å². The first kappa shape index (κ1) is 15.7. The summed E-state index contributed by atoms with van der Waals surface area (Å²) < 4.78 is 13.4. The van der Waals surface area contributed by atoms with Crippen molar-refractivity contribution >= 4 is 17.2 Å². The zero-order valence-electron chi connectivity index (χ0n) is 13.6. The highest BCUT2D eigenvalue weighted by Gasteiger charge is 2.35.